The fourth-order valence-electron chi connectivity index (χ4n) is 1.84. The normalized spacial score (nSPS) is 13.0. The highest BCUT2D eigenvalue weighted by Crippen LogP contribution is 2.29. The summed E-state index contributed by atoms with van der Waals surface area (Å²) in [5, 5.41) is 1.75. The predicted molar refractivity (Wildman–Crippen MR) is 67.2 cm³/mol. The van der Waals surface area contributed by atoms with Crippen molar-refractivity contribution in [1.82, 2.24) is 4.98 Å². The van der Waals surface area contributed by atoms with Gasteiger partial charge in [0.15, 0.2) is 0 Å². The number of aromatic amines is 1. The molecule has 16 heavy (non-hydrogen) atoms. The standard InChI is InChI=1S/C12H15ClN2O/c1-7(14)5-10-9-6-8(16-2)3-4-11(9)15-12(10)13/h3-4,6-7,15H,5,14H2,1-2H3. The van der Waals surface area contributed by atoms with Gasteiger partial charge in [-0.25, -0.2) is 0 Å². The Kier molecular flexibility index (Phi) is 3.08. The highest BCUT2D eigenvalue weighted by molar-refractivity contribution is 6.31. The summed E-state index contributed by atoms with van der Waals surface area (Å²) >= 11 is 6.16. The van der Waals surface area contributed by atoms with Gasteiger partial charge in [-0.2, -0.15) is 0 Å². The Morgan fingerprint density at radius 3 is 2.88 bits per heavy atom. The van der Waals surface area contributed by atoms with Gasteiger partial charge in [0.1, 0.15) is 10.9 Å². The average Bonchev–Trinajstić information content (AvgIpc) is 2.54. The predicted octanol–water partition coefficient (Wildman–Crippen LogP) is 2.72. The van der Waals surface area contributed by atoms with E-state index in [0.29, 0.717) is 5.15 Å². The van der Waals surface area contributed by atoms with E-state index in [1.165, 1.54) is 0 Å². The molecule has 0 spiro atoms. The van der Waals surface area contributed by atoms with E-state index in [-0.39, 0.29) is 6.04 Å². The molecule has 0 saturated heterocycles. The van der Waals surface area contributed by atoms with Crippen molar-refractivity contribution < 1.29 is 4.74 Å². The number of H-pyrrole nitrogens is 1. The quantitative estimate of drug-likeness (QED) is 0.864. The van der Waals surface area contributed by atoms with E-state index < -0.39 is 0 Å². The first-order chi connectivity index (χ1) is 7.61. The fourth-order valence-corrected chi connectivity index (χ4v) is 2.12. The Labute approximate surface area is 99.5 Å². The first-order valence-electron chi connectivity index (χ1n) is 5.21. The molecule has 2 rings (SSSR count). The van der Waals surface area contributed by atoms with Crippen molar-refractivity contribution in [2.45, 2.75) is 19.4 Å². The van der Waals surface area contributed by atoms with Gasteiger partial charge in [-0.05, 0) is 37.1 Å². The van der Waals surface area contributed by atoms with Crippen LogP contribution in [0.25, 0.3) is 10.9 Å². The minimum absolute atomic E-state index is 0.0858. The van der Waals surface area contributed by atoms with E-state index in [2.05, 4.69) is 4.98 Å². The molecule has 3 nitrogen and oxygen atoms in total. The van der Waals surface area contributed by atoms with Crippen LogP contribution in [0.2, 0.25) is 5.15 Å². The fraction of sp³-hybridized carbons (Fsp3) is 0.333. The van der Waals surface area contributed by atoms with Gasteiger partial charge in [-0.15, -0.1) is 0 Å². The van der Waals surface area contributed by atoms with Gasteiger partial charge in [-0.3, -0.25) is 0 Å². The summed E-state index contributed by atoms with van der Waals surface area (Å²) in [6.07, 6.45) is 0.756. The zero-order valence-electron chi connectivity index (χ0n) is 9.38. The molecule has 2 aromatic rings. The van der Waals surface area contributed by atoms with Crippen molar-refractivity contribution in [2.24, 2.45) is 5.73 Å². The molecule has 0 aliphatic carbocycles. The van der Waals surface area contributed by atoms with E-state index in [1.54, 1.807) is 7.11 Å². The monoisotopic (exact) mass is 238 g/mol. The van der Waals surface area contributed by atoms with E-state index in [1.807, 2.05) is 25.1 Å². The summed E-state index contributed by atoms with van der Waals surface area (Å²) in [6.45, 7) is 1.97. The van der Waals surface area contributed by atoms with E-state index in [0.717, 1.165) is 28.6 Å². The zero-order chi connectivity index (χ0) is 11.7. The number of hydrogen-bond donors (Lipinski definition) is 2. The van der Waals surface area contributed by atoms with Crippen molar-refractivity contribution in [3.05, 3.63) is 28.9 Å². The van der Waals surface area contributed by atoms with Gasteiger partial charge in [0, 0.05) is 16.9 Å². The van der Waals surface area contributed by atoms with E-state index in [9.17, 15) is 0 Å². The molecule has 1 atom stereocenters. The number of rotatable bonds is 3. The maximum Gasteiger partial charge on any atom is 0.119 e. The second-order valence-electron chi connectivity index (χ2n) is 4.01. The van der Waals surface area contributed by atoms with Crippen molar-refractivity contribution >= 4 is 22.5 Å². The van der Waals surface area contributed by atoms with Crippen molar-refractivity contribution in [3.63, 3.8) is 0 Å². The van der Waals surface area contributed by atoms with Crippen LogP contribution in [-0.2, 0) is 6.42 Å². The summed E-state index contributed by atoms with van der Waals surface area (Å²) in [4.78, 5) is 3.14. The first kappa shape index (κ1) is 11.3. The SMILES string of the molecule is COc1ccc2[nH]c(Cl)c(CC(C)N)c2c1. The summed E-state index contributed by atoms with van der Waals surface area (Å²) in [6, 6.07) is 5.94. The highest BCUT2D eigenvalue weighted by Gasteiger charge is 2.12. The van der Waals surface area contributed by atoms with Crippen LogP contribution in [0.1, 0.15) is 12.5 Å². The lowest BCUT2D eigenvalue weighted by molar-refractivity contribution is 0.415. The number of fused-ring (bicyclic) bond motifs is 1. The summed E-state index contributed by atoms with van der Waals surface area (Å²) < 4.78 is 5.20. The molecule has 4 heteroatoms. The second kappa shape index (κ2) is 4.36. The number of nitrogens with two attached hydrogens (primary N) is 1. The molecule has 0 aliphatic heterocycles. The van der Waals surface area contributed by atoms with Crippen LogP contribution < -0.4 is 10.5 Å². The van der Waals surface area contributed by atoms with Crippen molar-refractivity contribution in [1.29, 1.82) is 0 Å². The molecule has 0 saturated carbocycles. The Bertz CT molecular complexity index is 505. The lowest BCUT2D eigenvalue weighted by Gasteiger charge is -2.05. The third-order valence-corrected chi connectivity index (χ3v) is 2.91. The van der Waals surface area contributed by atoms with E-state index in [4.69, 9.17) is 22.1 Å². The van der Waals surface area contributed by atoms with Gasteiger partial charge in [0.2, 0.25) is 0 Å². The lowest BCUT2D eigenvalue weighted by Crippen LogP contribution is -2.17. The van der Waals surface area contributed by atoms with Crippen LogP contribution in [0.15, 0.2) is 18.2 Å². The molecule has 0 radical (unpaired) electrons. The van der Waals surface area contributed by atoms with Gasteiger partial charge < -0.3 is 15.5 Å². The molecule has 1 unspecified atom stereocenters. The molecule has 0 aliphatic rings. The molecule has 3 N–H and O–H groups in total. The minimum Gasteiger partial charge on any atom is -0.497 e. The number of methoxy groups -OCH3 is 1. The van der Waals surface area contributed by atoms with Gasteiger partial charge in [0.05, 0.1) is 7.11 Å². The molecular formula is C12H15ClN2O. The van der Waals surface area contributed by atoms with Crippen LogP contribution in [0.3, 0.4) is 0 Å². The lowest BCUT2D eigenvalue weighted by atomic mass is 10.1. The molecule has 1 heterocycles. The molecule has 86 valence electrons. The average molecular weight is 239 g/mol. The smallest absolute Gasteiger partial charge is 0.119 e. The Balaban J connectivity index is 2.56. The third kappa shape index (κ3) is 2.01. The second-order valence-corrected chi connectivity index (χ2v) is 4.39. The molecule has 1 aromatic carbocycles. The first-order valence-corrected chi connectivity index (χ1v) is 5.59. The summed E-state index contributed by atoms with van der Waals surface area (Å²) in [5.74, 6) is 0.828. The van der Waals surface area contributed by atoms with Crippen LogP contribution >= 0.6 is 11.6 Å². The van der Waals surface area contributed by atoms with Gasteiger partial charge in [-0.1, -0.05) is 11.6 Å². The number of nitrogens with one attached hydrogen (secondary N) is 1. The largest absolute Gasteiger partial charge is 0.497 e. The highest BCUT2D eigenvalue weighted by atomic mass is 35.5. The Morgan fingerprint density at radius 2 is 2.25 bits per heavy atom. The van der Waals surface area contributed by atoms with Gasteiger partial charge >= 0.3 is 0 Å². The minimum atomic E-state index is 0.0858. The maximum atomic E-state index is 6.16. The molecule has 0 fully saturated rings. The number of halogens is 1. The van der Waals surface area contributed by atoms with Crippen LogP contribution in [-0.4, -0.2) is 18.1 Å². The topological polar surface area (TPSA) is 51.0 Å². The number of ether oxygens (including phenoxy) is 1. The Hall–Kier alpha value is -1.19. The van der Waals surface area contributed by atoms with Crippen LogP contribution in [0.4, 0.5) is 0 Å². The number of aromatic nitrogens is 1. The van der Waals surface area contributed by atoms with E-state index >= 15 is 0 Å². The third-order valence-electron chi connectivity index (χ3n) is 2.59. The molecular weight excluding hydrogens is 224 g/mol. The Morgan fingerprint density at radius 1 is 1.50 bits per heavy atom. The number of benzene rings is 1. The zero-order valence-corrected chi connectivity index (χ0v) is 10.1. The van der Waals surface area contributed by atoms with Crippen LogP contribution in [0, 0.1) is 0 Å². The van der Waals surface area contributed by atoms with Crippen molar-refractivity contribution in [2.75, 3.05) is 7.11 Å². The molecule has 0 amide bonds. The molecule has 1 aromatic heterocycles. The van der Waals surface area contributed by atoms with Crippen molar-refractivity contribution in [3.8, 4) is 5.75 Å². The van der Waals surface area contributed by atoms with Crippen LogP contribution in [0.5, 0.6) is 5.75 Å². The number of hydrogen-bond acceptors (Lipinski definition) is 2. The summed E-state index contributed by atoms with van der Waals surface area (Å²) in [5.41, 5.74) is 7.89. The van der Waals surface area contributed by atoms with Gasteiger partial charge in [0.25, 0.3) is 0 Å². The maximum absolute atomic E-state index is 6.16. The summed E-state index contributed by atoms with van der Waals surface area (Å²) in [7, 11) is 1.65. The molecule has 0 bridgehead atoms.